The molecule has 0 saturated carbocycles. The molecule has 1 radical (unpaired) electrons. The van der Waals surface area contributed by atoms with Gasteiger partial charge >= 0.3 is 16.8 Å². The lowest BCUT2D eigenvalue weighted by molar-refractivity contribution is -0.252. The summed E-state index contributed by atoms with van der Waals surface area (Å²) in [7, 11) is -4.56. The second-order valence-corrected chi connectivity index (χ2v) is 3.86. The van der Waals surface area contributed by atoms with Gasteiger partial charge in [-0.1, -0.05) is 4.33 Å². The summed E-state index contributed by atoms with van der Waals surface area (Å²) in [5.74, 6) is 0. The molecule has 1 N–H and O–H groups in total. The van der Waals surface area contributed by atoms with Crippen molar-refractivity contribution in [2.45, 2.75) is 18.9 Å². The molecule has 8 heteroatoms. The molecule has 0 unspecified atom stereocenters. The maximum absolute atomic E-state index is 10.2. The molecule has 14 heavy (non-hydrogen) atoms. The molecule has 1 saturated heterocycles. The molecule has 0 aliphatic carbocycles. The SMILES string of the molecule is O=[C]N1CCC(OOS(=O)(=O)O)CC1. The lowest BCUT2D eigenvalue weighted by Gasteiger charge is -2.26. The normalized spacial score (nSPS) is 19.6. The Balaban J connectivity index is 2.26. The molecule has 0 spiro atoms. The van der Waals surface area contributed by atoms with Crippen molar-refractivity contribution >= 4 is 16.8 Å². The van der Waals surface area contributed by atoms with Crippen LogP contribution in [0.4, 0.5) is 0 Å². The summed E-state index contributed by atoms with van der Waals surface area (Å²) in [6.07, 6.45) is 2.19. The monoisotopic (exact) mass is 224 g/mol. The van der Waals surface area contributed by atoms with Gasteiger partial charge in [0, 0.05) is 13.1 Å². The number of carbonyl (C=O) groups excluding carboxylic acids is 1. The van der Waals surface area contributed by atoms with Gasteiger partial charge in [0.25, 0.3) is 0 Å². The summed E-state index contributed by atoms with van der Waals surface area (Å²) in [5.41, 5.74) is 0. The fourth-order valence-corrected chi connectivity index (χ4v) is 1.36. The maximum Gasteiger partial charge on any atom is 0.424 e. The summed E-state index contributed by atoms with van der Waals surface area (Å²) in [5, 5.41) is 0. The van der Waals surface area contributed by atoms with Crippen LogP contribution in [0.3, 0.4) is 0 Å². The van der Waals surface area contributed by atoms with Gasteiger partial charge in [-0.25, -0.2) is 4.89 Å². The highest BCUT2D eigenvalue weighted by Crippen LogP contribution is 2.13. The van der Waals surface area contributed by atoms with Gasteiger partial charge in [0.1, 0.15) is 0 Å². The van der Waals surface area contributed by atoms with E-state index in [-0.39, 0.29) is 0 Å². The van der Waals surface area contributed by atoms with Crippen LogP contribution in [0.25, 0.3) is 0 Å². The fourth-order valence-electron chi connectivity index (χ4n) is 1.15. The van der Waals surface area contributed by atoms with E-state index in [1.54, 1.807) is 6.41 Å². The first-order valence-electron chi connectivity index (χ1n) is 3.96. The van der Waals surface area contributed by atoms with Crippen LogP contribution in [0.2, 0.25) is 0 Å². The van der Waals surface area contributed by atoms with Crippen LogP contribution in [-0.2, 0) is 24.4 Å². The Kier molecular flexibility index (Phi) is 3.81. The van der Waals surface area contributed by atoms with E-state index in [1.807, 2.05) is 0 Å². The van der Waals surface area contributed by atoms with E-state index < -0.39 is 16.5 Å². The second kappa shape index (κ2) is 4.69. The first-order chi connectivity index (χ1) is 6.51. The highest BCUT2D eigenvalue weighted by atomic mass is 32.3. The molecule has 0 aromatic rings. The van der Waals surface area contributed by atoms with E-state index in [9.17, 15) is 13.2 Å². The van der Waals surface area contributed by atoms with Crippen molar-refractivity contribution in [3.05, 3.63) is 0 Å². The average Bonchev–Trinajstić information content (AvgIpc) is 2.14. The Morgan fingerprint density at radius 1 is 1.36 bits per heavy atom. The molecular weight excluding hydrogens is 214 g/mol. The Morgan fingerprint density at radius 2 is 1.93 bits per heavy atom. The first kappa shape index (κ1) is 11.4. The van der Waals surface area contributed by atoms with Crippen LogP contribution in [-0.4, -0.2) is 43.5 Å². The summed E-state index contributed by atoms with van der Waals surface area (Å²) in [6, 6.07) is 0. The average molecular weight is 224 g/mol. The molecule has 1 fully saturated rings. The van der Waals surface area contributed by atoms with E-state index in [0.29, 0.717) is 25.9 Å². The van der Waals surface area contributed by atoms with E-state index in [2.05, 4.69) is 9.22 Å². The molecule has 1 rings (SSSR count). The van der Waals surface area contributed by atoms with Crippen LogP contribution < -0.4 is 0 Å². The molecule has 1 heterocycles. The Morgan fingerprint density at radius 3 is 2.36 bits per heavy atom. The highest BCUT2D eigenvalue weighted by Gasteiger charge is 2.21. The van der Waals surface area contributed by atoms with E-state index in [1.165, 1.54) is 4.90 Å². The van der Waals surface area contributed by atoms with Gasteiger partial charge in [0.15, 0.2) is 0 Å². The predicted molar refractivity (Wildman–Crippen MR) is 44.0 cm³/mol. The predicted octanol–water partition coefficient (Wildman–Crippen LogP) is -0.731. The zero-order valence-electron chi connectivity index (χ0n) is 7.25. The second-order valence-electron chi connectivity index (χ2n) is 2.87. The molecule has 1 amide bonds. The minimum Gasteiger partial charge on any atom is -0.334 e. The molecule has 1 aliphatic rings. The van der Waals surface area contributed by atoms with Crippen molar-refractivity contribution in [2.24, 2.45) is 0 Å². The summed E-state index contributed by atoms with van der Waals surface area (Å²) < 4.78 is 32.2. The number of rotatable bonds is 4. The van der Waals surface area contributed by atoms with E-state index >= 15 is 0 Å². The maximum atomic E-state index is 10.2. The zero-order chi connectivity index (χ0) is 10.6. The van der Waals surface area contributed by atoms with Crippen molar-refractivity contribution in [3.8, 4) is 0 Å². The quantitative estimate of drug-likeness (QED) is 0.384. The highest BCUT2D eigenvalue weighted by molar-refractivity contribution is 7.80. The van der Waals surface area contributed by atoms with Crippen LogP contribution in [0, 0.1) is 0 Å². The van der Waals surface area contributed by atoms with Gasteiger partial charge in [-0.3, -0.25) is 9.35 Å². The number of likely N-dealkylation sites (tertiary alicyclic amines) is 1. The largest absolute Gasteiger partial charge is 0.424 e. The number of piperidine rings is 1. The fraction of sp³-hybridized carbons (Fsp3) is 0.833. The standard InChI is InChI=1S/C6H10NO6S/c8-5-7-3-1-6(2-4-7)12-13-14(9,10)11/h6H,1-4H2,(H,9,10,11). The zero-order valence-corrected chi connectivity index (χ0v) is 8.07. The minimum atomic E-state index is -4.56. The molecule has 0 atom stereocenters. The van der Waals surface area contributed by atoms with Crippen LogP contribution >= 0.6 is 0 Å². The van der Waals surface area contributed by atoms with Gasteiger partial charge in [-0.15, -0.1) is 0 Å². The summed E-state index contributed by atoms with van der Waals surface area (Å²) in [6.45, 7) is 0.867. The number of hydrogen-bond donors (Lipinski definition) is 1. The smallest absolute Gasteiger partial charge is 0.334 e. The van der Waals surface area contributed by atoms with Gasteiger partial charge < -0.3 is 4.90 Å². The van der Waals surface area contributed by atoms with E-state index in [0.717, 1.165) is 0 Å². The molecule has 0 aromatic carbocycles. The van der Waals surface area contributed by atoms with Crippen molar-refractivity contribution in [2.75, 3.05) is 13.1 Å². The molecule has 7 nitrogen and oxygen atoms in total. The third kappa shape index (κ3) is 4.01. The van der Waals surface area contributed by atoms with Crippen molar-refractivity contribution in [1.29, 1.82) is 0 Å². The number of hydrogen-bond acceptors (Lipinski definition) is 5. The summed E-state index contributed by atoms with van der Waals surface area (Å²) >= 11 is 0. The van der Waals surface area contributed by atoms with Crippen LogP contribution in [0.1, 0.15) is 12.8 Å². The Labute approximate surface area is 81.5 Å². The molecule has 0 aromatic heterocycles. The lowest BCUT2D eigenvalue weighted by atomic mass is 10.1. The molecule has 81 valence electrons. The minimum absolute atomic E-state index is 0.429. The summed E-state index contributed by atoms with van der Waals surface area (Å²) in [4.78, 5) is 16.0. The Bertz CT molecular complexity index is 281. The van der Waals surface area contributed by atoms with Crippen molar-refractivity contribution < 1.29 is 27.0 Å². The number of amides is 1. The molecule has 1 aliphatic heterocycles. The van der Waals surface area contributed by atoms with Gasteiger partial charge in [-0.2, -0.15) is 8.42 Å². The lowest BCUT2D eigenvalue weighted by Crippen LogP contribution is -2.36. The first-order valence-corrected chi connectivity index (χ1v) is 5.33. The molecular formula is C6H10NO6S. The third-order valence-corrected chi connectivity index (χ3v) is 2.08. The number of nitrogens with zero attached hydrogens (tertiary/aromatic N) is 1. The third-order valence-electron chi connectivity index (χ3n) is 1.83. The van der Waals surface area contributed by atoms with E-state index in [4.69, 9.17) is 4.55 Å². The molecule has 0 bridgehead atoms. The Hall–Kier alpha value is -0.700. The van der Waals surface area contributed by atoms with Crippen LogP contribution in [0.15, 0.2) is 0 Å². The van der Waals surface area contributed by atoms with Crippen LogP contribution in [0.5, 0.6) is 0 Å². The van der Waals surface area contributed by atoms with Gasteiger partial charge in [-0.05, 0) is 12.8 Å². The van der Waals surface area contributed by atoms with Gasteiger partial charge in [0.05, 0.1) is 6.10 Å². The topological polar surface area (TPSA) is 93.1 Å². The van der Waals surface area contributed by atoms with Crippen molar-refractivity contribution in [1.82, 2.24) is 4.90 Å². The van der Waals surface area contributed by atoms with Gasteiger partial charge in [0.2, 0.25) is 0 Å². The van der Waals surface area contributed by atoms with Crippen molar-refractivity contribution in [3.63, 3.8) is 0 Å².